The molecule has 3 aromatic rings. The van der Waals surface area contributed by atoms with Crippen LogP contribution in [0.3, 0.4) is 0 Å². The van der Waals surface area contributed by atoms with Crippen LogP contribution in [0.4, 0.5) is 5.69 Å². The maximum absolute atomic E-state index is 9.70. The standard InChI is InChI=1S/C27H30N6O3.H2/c1-17-31-21-6-9-35-27(21)23(32-17)12-18-2-4-20(5-3-18)36-25-14-19(33-7-10-34-11-8-33)13-22-26(25)24(15-28)30-16-29-22;/h13-14,16,18,20H,2-12H2,1H3;1H. The van der Waals surface area contributed by atoms with Gasteiger partial charge in [0.15, 0.2) is 11.4 Å². The summed E-state index contributed by atoms with van der Waals surface area (Å²) >= 11 is 0. The number of nitriles is 1. The van der Waals surface area contributed by atoms with E-state index in [0.717, 1.165) is 85.8 Å². The van der Waals surface area contributed by atoms with E-state index in [1.54, 1.807) is 0 Å². The first-order valence-electron chi connectivity index (χ1n) is 12.9. The molecule has 0 atom stereocenters. The van der Waals surface area contributed by atoms with Gasteiger partial charge in [-0.3, -0.25) is 0 Å². The minimum Gasteiger partial charge on any atom is -0.490 e. The summed E-state index contributed by atoms with van der Waals surface area (Å²) < 4.78 is 18.0. The third-order valence-electron chi connectivity index (χ3n) is 7.44. The molecule has 0 radical (unpaired) electrons. The fourth-order valence-electron chi connectivity index (χ4n) is 5.64. The van der Waals surface area contributed by atoms with Crippen LogP contribution in [-0.4, -0.2) is 59.0 Å². The molecule has 2 aromatic heterocycles. The van der Waals surface area contributed by atoms with E-state index in [9.17, 15) is 5.26 Å². The number of rotatable bonds is 5. The molecular weight excluding hydrogens is 456 g/mol. The van der Waals surface area contributed by atoms with Crippen molar-refractivity contribution in [2.24, 2.45) is 5.92 Å². The van der Waals surface area contributed by atoms with Gasteiger partial charge < -0.3 is 19.1 Å². The normalized spacial score (nSPS) is 21.6. The average molecular weight is 489 g/mol. The summed E-state index contributed by atoms with van der Waals surface area (Å²) in [5, 5.41) is 10.4. The Hall–Kier alpha value is -3.51. The highest BCUT2D eigenvalue weighted by Gasteiger charge is 2.28. The van der Waals surface area contributed by atoms with Crippen molar-refractivity contribution in [2.75, 3.05) is 37.8 Å². The van der Waals surface area contributed by atoms with Gasteiger partial charge in [0.2, 0.25) is 0 Å². The van der Waals surface area contributed by atoms with Crippen molar-refractivity contribution in [2.45, 2.75) is 51.6 Å². The minimum atomic E-state index is 0. The predicted molar refractivity (Wildman–Crippen MR) is 135 cm³/mol. The zero-order valence-corrected chi connectivity index (χ0v) is 20.6. The lowest BCUT2D eigenvalue weighted by molar-refractivity contribution is 0.122. The molecule has 9 nitrogen and oxygen atoms in total. The fourth-order valence-corrected chi connectivity index (χ4v) is 5.64. The molecular formula is C27H32N6O3. The second-order valence-corrected chi connectivity index (χ2v) is 9.83. The van der Waals surface area contributed by atoms with Crippen molar-refractivity contribution in [1.82, 2.24) is 19.9 Å². The number of anilines is 1. The summed E-state index contributed by atoms with van der Waals surface area (Å²) in [6, 6.07) is 6.29. The number of hydrogen-bond donors (Lipinski definition) is 0. The molecule has 2 aliphatic heterocycles. The van der Waals surface area contributed by atoms with Gasteiger partial charge in [0.05, 0.1) is 48.2 Å². The van der Waals surface area contributed by atoms with E-state index in [1.165, 1.54) is 6.33 Å². The number of ether oxygens (including phenoxy) is 3. The van der Waals surface area contributed by atoms with Gasteiger partial charge in [-0.25, -0.2) is 19.9 Å². The number of benzene rings is 1. The minimum absolute atomic E-state index is 0. The zero-order chi connectivity index (χ0) is 24.5. The van der Waals surface area contributed by atoms with Crippen LogP contribution in [0.1, 0.15) is 50.0 Å². The van der Waals surface area contributed by atoms with Gasteiger partial charge in [0.1, 0.15) is 24.0 Å². The molecule has 1 aromatic carbocycles. The lowest BCUT2D eigenvalue weighted by Gasteiger charge is -2.31. The number of fused-ring (bicyclic) bond motifs is 2. The Morgan fingerprint density at radius 2 is 1.94 bits per heavy atom. The SMILES string of the molecule is Cc1nc2c(c(CC3CCC(Oc4cc(N5CCOCC5)cc5ncnc(C#N)c45)CC3)n1)OCC2.[HH]. The number of aryl methyl sites for hydroxylation is 1. The summed E-state index contributed by atoms with van der Waals surface area (Å²) in [6.45, 7) is 5.70. The van der Waals surface area contributed by atoms with Gasteiger partial charge in [-0.1, -0.05) is 0 Å². The highest BCUT2D eigenvalue weighted by Crippen LogP contribution is 2.37. The van der Waals surface area contributed by atoms with Gasteiger partial charge in [-0.2, -0.15) is 5.26 Å². The van der Waals surface area contributed by atoms with Crippen LogP contribution in [0.25, 0.3) is 10.9 Å². The highest BCUT2D eigenvalue weighted by atomic mass is 16.5. The molecule has 0 spiro atoms. The summed E-state index contributed by atoms with van der Waals surface area (Å²) in [5.74, 6) is 2.98. The monoisotopic (exact) mass is 488 g/mol. The first kappa shape index (κ1) is 22.9. The molecule has 2 fully saturated rings. The fraction of sp³-hybridized carbons (Fsp3) is 0.519. The Morgan fingerprint density at radius 1 is 1.11 bits per heavy atom. The molecule has 188 valence electrons. The van der Waals surface area contributed by atoms with Crippen LogP contribution in [0.2, 0.25) is 0 Å². The lowest BCUT2D eigenvalue weighted by atomic mass is 9.84. The van der Waals surface area contributed by atoms with Crippen LogP contribution < -0.4 is 14.4 Å². The lowest BCUT2D eigenvalue weighted by Crippen LogP contribution is -2.36. The Labute approximate surface area is 211 Å². The number of morpholine rings is 1. The number of nitrogens with zero attached hydrogens (tertiary/aromatic N) is 6. The highest BCUT2D eigenvalue weighted by molar-refractivity contribution is 5.92. The molecule has 1 saturated heterocycles. The van der Waals surface area contributed by atoms with E-state index in [2.05, 4.69) is 25.9 Å². The van der Waals surface area contributed by atoms with E-state index < -0.39 is 0 Å². The van der Waals surface area contributed by atoms with E-state index >= 15 is 0 Å². The molecule has 0 bridgehead atoms. The van der Waals surface area contributed by atoms with Gasteiger partial charge in [-0.05, 0) is 51.0 Å². The third-order valence-corrected chi connectivity index (χ3v) is 7.44. The van der Waals surface area contributed by atoms with Crippen molar-refractivity contribution in [1.29, 1.82) is 5.26 Å². The van der Waals surface area contributed by atoms with Gasteiger partial charge >= 0.3 is 0 Å². The molecule has 36 heavy (non-hydrogen) atoms. The van der Waals surface area contributed by atoms with Crippen molar-refractivity contribution >= 4 is 16.6 Å². The van der Waals surface area contributed by atoms with E-state index in [1.807, 2.05) is 19.1 Å². The van der Waals surface area contributed by atoms with Gasteiger partial charge in [0, 0.05) is 32.7 Å². The van der Waals surface area contributed by atoms with Gasteiger partial charge in [0.25, 0.3) is 0 Å². The van der Waals surface area contributed by atoms with Crippen molar-refractivity contribution in [3.63, 3.8) is 0 Å². The van der Waals surface area contributed by atoms with E-state index in [-0.39, 0.29) is 7.53 Å². The van der Waals surface area contributed by atoms with Crippen molar-refractivity contribution in [3.8, 4) is 17.6 Å². The van der Waals surface area contributed by atoms with Crippen molar-refractivity contribution < 1.29 is 15.6 Å². The average Bonchev–Trinajstić information content (AvgIpc) is 3.38. The Kier molecular flexibility index (Phi) is 6.28. The molecule has 6 rings (SSSR count). The van der Waals surface area contributed by atoms with Crippen molar-refractivity contribution in [3.05, 3.63) is 41.4 Å². The smallest absolute Gasteiger partial charge is 0.162 e. The van der Waals surface area contributed by atoms with Crippen LogP contribution >= 0.6 is 0 Å². The maximum Gasteiger partial charge on any atom is 0.162 e. The van der Waals surface area contributed by atoms with Crippen LogP contribution in [0.15, 0.2) is 18.5 Å². The first-order valence-corrected chi connectivity index (χ1v) is 12.9. The maximum atomic E-state index is 9.70. The predicted octanol–water partition coefficient (Wildman–Crippen LogP) is 3.80. The van der Waals surface area contributed by atoms with E-state index in [0.29, 0.717) is 42.6 Å². The van der Waals surface area contributed by atoms with E-state index in [4.69, 9.17) is 19.2 Å². The molecule has 9 heteroatoms. The molecule has 0 unspecified atom stereocenters. The quantitative estimate of drug-likeness (QED) is 0.530. The zero-order valence-electron chi connectivity index (χ0n) is 20.6. The number of hydrogen-bond acceptors (Lipinski definition) is 9. The van der Waals surface area contributed by atoms with Crippen LogP contribution in [-0.2, 0) is 17.6 Å². The second-order valence-electron chi connectivity index (χ2n) is 9.83. The largest absolute Gasteiger partial charge is 0.490 e. The first-order chi connectivity index (χ1) is 17.7. The molecule has 0 amide bonds. The summed E-state index contributed by atoms with van der Waals surface area (Å²) in [6.07, 6.45) is 7.36. The Bertz CT molecular complexity index is 1320. The summed E-state index contributed by atoms with van der Waals surface area (Å²) in [5.41, 5.74) is 4.24. The third kappa shape index (κ3) is 4.53. The molecule has 0 N–H and O–H groups in total. The second kappa shape index (κ2) is 9.86. The Morgan fingerprint density at radius 3 is 2.75 bits per heavy atom. The summed E-state index contributed by atoms with van der Waals surface area (Å²) in [4.78, 5) is 20.2. The topological polar surface area (TPSA) is 106 Å². The number of aromatic nitrogens is 4. The van der Waals surface area contributed by atoms with Crippen LogP contribution in [0, 0.1) is 24.2 Å². The molecule has 4 heterocycles. The Balaban J connectivity index is 0.00000280. The molecule has 1 saturated carbocycles. The molecule has 1 aliphatic carbocycles. The molecule has 3 aliphatic rings. The van der Waals surface area contributed by atoms with Crippen LogP contribution in [0.5, 0.6) is 11.5 Å². The summed E-state index contributed by atoms with van der Waals surface area (Å²) in [7, 11) is 0. The van der Waals surface area contributed by atoms with Gasteiger partial charge in [-0.15, -0.1) is 0 Å².